The van der Waals surface area contributed by atoms with Crippen LogP contribution < -0.4 is 5.32 Å². The predicted molar refractivity (Wildman–Crippen MR) is 111 cm³/mol. The Labute approximate surface area is 152 Å². The molecule has 2 heteroatoms. The summed E-state index contributed by atoms with van der Waals surface area (Å²) in [6.45, 7) is 15.1. The lowest BCUT2D eigenvalue weighted by atomic mass is 9.89. The first-order chi connectivity index (χ1) is 11.5. The minimum absolute atomic E-state index is 0.449. The summed E-state index contributed by atoms with van der Waals surface area (Å²) in [4.78, 5) is 0. The van der Waals surface area contributed by atoms with Gasteiger partial charge in [0.25, 0.3) is 0 Å². The monoisotopic (exact) mass is 341 g/mol. The van der Waals surface area contributed by atoms with Crippen LogP contribution in [0.15, 0.2) is 42.6 Å². The number of benzene rings is 1. The SMILES string of the molecule is C=C(CCC(C)C(=C)C)c1cccc2c1C=C(CC)NC(SC)C2. The Bertz CT molecular complexity index is 641. The Morgan fingerprint density at radius 2 is 2.12 bits per heavy atom. The molecule has 0 aromatic heterocycles. The summed E-state index contributed by atoms with van der Waals surface area (Å²) in [6, 6.07) is 6.68. The Morgan fingerprint density at radius 1 is 1.38 bits per heavy atom. The van der Waals surface area contributed by atoms with Gasteiger partial charge >= 0.3 is 0 Å². The van der Waals surface area contributed by atoms with E-state index in [1.807, 2.05) is 11.8 Å². The standard InChI is InChI=1S/C22H31NS/c1-7-19-14-21-18(13-22(23-19)24-6)9-8-10-20(21)17(5)12-11-16(4)15(2)3/h8-10,14,16,22-23H,2,5,7,11-13H2,1,3-4,6H3. The van der Waals surface area contributed by atoms with Crippen LogP contribution in [0.5, 0.6) is 0 Å². The second-order valence-electron chi connectivity index (χ2n) is 6.86. The highest BCUT2D eigenvalue weighted by Gasteiger charge is 2.18. The number of rotatable bonds is 7. The maximum Gasteiger partial charge on any atom is 0.0757 e. The van der Waals surface area contributed by atoms with E-state index >= 15 is 0 Å². The van der Waals surface area contributed by atoms with Gasteiger partial charge < -0.3 is 5.32 Å². The molecule has 1 aliphatic rings. The molecule has 0 fully saturated rings. The van der Waals surface area contributed by atoms with E-state index in [1.54, 1.807) is 0 Å². The van der Waals surface area contributed by atoms with Crippen LogP contribution in [0.2, 0.25) is 0 Å². The highest BCUT2D eigenvalue weighted by Crippen LogP contribution is 2.32. The lowest BCUT2D eigenvalue weighted by molar-refractivity contribution is 0.629. The predicted octanol–water partition coefficient (Wildman–Crippen LogP) is 6.28. The van der Waals surface area contributed by atoms with Crippen molar-refractivity contribution in [2.45, 2.75) is 51.8 Å². The van der Waals surface area contributed by atoms with Crippen LogP contribution in [-0.2, 0) is 6.42 Å². The zero-order valence-electron chi connectivity index (χ0n) is 15.6. The Hall–Kier alpha value is -1.41. The summed E-state index contributed by atoms with van der Waals surface area (Å²) in [5.74, 6) is 0.549. The van der Waals surface area contributed by atoms with Crippen LogP contribution in [0, 0.1) is 5.92 Å². The van der Waals surface area contributed by atoms with Gasteiger partial charge in [0.2, 0.25) is 0 Å². The summed E-state index contributed by atoms with van der Waals surface area (Å²) in [5.41, 5.74) is 7.94. The third-order valence-electron chi connectivity index (χ3n) is 5.03. The first-order valence-corrected chi connectivity index (χ1v) is 10.2. The fourth-order valence-corrected chi connectivity index (χ4v) is 3.68. The quantitative estimate of drug-likeness (QED) is 0.586. The van der Waals surface area contributed by atoms with Crippen LogP contribution in [0.4, 0.5) is 0 Å². The molecule has 1 N–H and O–H groups in total. The van der Waals surface area contributed by atoms with Crippen molar-refractivity contribution in [1.82, 2.24) is 5.32 Å². The average Bonchev–Trinajstić information content (AvgIpc) is 2.77. The van der Waals surface area contributed by atoms with Gasteiger partial charge in [-0.05, 0) is 66.7 Å². The molecule has 2 rings (SSSR count). The molecule has 2 unspecified atom stereocenters. The molecule has 0 aliphatic carbocycles. The maximum atomic E-state index is 4.40. The molecule has 0 bridgehead atoms. The number of hydrogen-bond acceptors (Lipinski definition) is 2. The Balaban J connectivity index is 2.30. The van der Waals surface area contributed by atoms with Crippen molar-refractivity contribution in [1.29, 1.82) is 0 Å². The van der Waals surface area contributed by atoms with Crippen molar-refractivity contribution in [2.75, 3.05) is 6.26 Å². The average molecular weight is 342 g/mol. The topological polar surface area (TPSA) is 12.0 Å². The second-order valence-corrected chi connectivity index (χ2v) is 7.90. The largest absolute Gasteiger partial charge is 0.376 e. The normalized spacial score (nSPS) is 18.0. The molecule has 0 radical (unpaired) electrons. The summed E-state index contributed by atoms with van der Waals surface area (Å²) in [5, 5.41) is 4.12. The lowest BCUT2D eigenvalue weighted by Gasteiger charge is -2.17. The molecule has 1 nitrogen and oxygen atoms in total. The van der Waals surface area contributed by atoms with Crippen molar-refractivity contribution in [2.24, 2.45) is 5.92 Å². The number of nitrogens with one attached hydrogen (secondary N) is 1. The zero-order valence-corrected chi connectivity index (χ0v) is 16.4. The van der Waals surface area contributed by atoms with E-state index in [0.29, 0.717) is 11.3 Å². The first kappa shape index (κ1) is 18.9. The van der Waals surface area contributed by atoms with Gasteiger partial charge in [-0.25, -0.2) is 0 Å². The summed E-state index contributed by atoms with van der Waals surface area (Å²) in [6.07, 6.45) is 8.75. The van der Waals surface area contributed by atoms with Gasteiger partial charge in [-0.2, -0.15) is 0 Å². The fraction of sp³-hybridized carbons (Fsp3) is 0.455. The van der Waals surface area contributed by atoms with Crippen LogP contribution in [-0.4, -0.2) is 11.6 Å². The molecule has 0 spiro atoms. The Morgan fingerprint density at radius 3 is 2.75 bits per heavy atom. The molecular weight excluding hydrogens is 310 g/mol. The van der Waals surface area contributed by atoms with Gasteiger partial charge in [0, 0.05) is 12.1 Å². The second kappa shape index (κ2) is 8.62. The van der Waals surface area contributed by atoms with Crippen LogP contribution in [0.25, 0.3) is 11.6 Å². The van der Waals surface area contributed by atoms with Crippen LogP contribution in [0.3, 0.4) is 0 Å². The van der Waals surface area contributed by atoms with Crippen molar-refractivity contribution in [3.8, 4) is 0 Å². The summed E-state index contributed by atoms with van der Waals surface area (Å²) < 4.78 is 0. The molecule has 1 heterocycles. The van der Waals surface area contributed by atoms with Crippen LogP contribution >= 0.6 is 11.8 Å². The van der Waals surface area contributed by atoms with Crippen molar-refractivity contribution in [3.63, 3.8) is 0 Å². The van der Waals surface area contributed by atoms with E-state index < -0.39 is 0 Å². The summed E-state index contributed by atoms with van der Waals surface area (Å²) >= 11 is 1.89. The van der Waals surface area contributed by atoms with E-state index in [2.05, 4.69) is 69.8 Å². The molecule has 1 aromatic carbocycles. The molecule has 0 amide bonds. The highest BCUT2D eigenvalue weighted by atomic mass is 32.2. The van der Waals surface area contributed by atoms with E-state index in [4.69, 9.17) is 0 Å². The van der Waals surface area contributed by atoms with E-state index in [-0.39, 0.29) is 0 Å². The molecular formula is C22H31NS. The molecule has 24 heavy (non-hydrogen) atoms. The van der Waals surface area contributed by atoms with Crippen LogP contribution in [0.1, 0.15) is 56.7 Å². The minimum Gasteiger partial charge on any atom is -0.376 e. The van der Waals surface area contributed by atoms with Gasteiger partial charge in [0.15, 0.2) is 0 Å². The van der Waals surface area contributed by atoms with Crippen molar-refractivity contribution in [3.05, 3.63) is 59.3 Å². The highest BCUT2D eigenvalue weighted by molar-refractivity contribution is 7.99. The van der Waals surface area contributed by atoms with Crippen molar-refractivity contribution < 1.29 is 0 Å². The number of fused-ring (bicyclic) bond motifs is 1. The van der Waals surface area contributed by atoms with E-state index in [1.165, 1.54) is 33.5 Å². The fourth-order valence-electron chi connectivity index (χ4n) is 3.06. The van der Waals surface area contributed by atoms with Gasteiger partial charge in [-0.3, -0.25) is 0 Å². The molecule has 2 atom stereocenters. The Kier molecular flexibility index (Phi) is 6.79. The molecule has 1 aromatic rings. The molecule has 0 saturated heterocycles. The minimum atomic E-state index is 0.449. The zero-order chi connectivity index (χ0) is 17.7. The van der Waals surface area contributed by atoms with E-state index in [9.17, 15) is 0 Å². The van der Waals surface area contributed by atoms with Gasteiger partial charge in [0.1, 0.15) is 0 Å². The van der Waals surface area contributed by atoms with Crippen molar-refractivity contribution >= 4 is 23.4 Å². The van der Waals surface area contributed by atoms with Gasteiger partial charge in [-0.1, -0.05) is 50.8 Å². The lowest BCUT2D eigenvalue weighted by Crippen LogP contribution is -2.25. The van der Waals surface area contributed by atoms with Gasteiger partial charge in [-0.15, -0.1) is 11.8 Å². The number of hydrogen-bond donors (Lipinski definition) is 1. The summed E-state index contributed by atoms with van der Waals surface area (Å²) in [7, 11) is 0. The smallest absolute Gasteiger partial charge is 0.0757 e. The molecule has 1 aliphatic heterocycles. The van der Waals surface area contributed by atoms with Gasteiger partial charge in [0.05, 0.1) is 5.37 Å². The molecule has 0 saturated carbocycles. The maximum absolute atomic E-state index is 4.40. The number of thioether (sulfide) groups is 1. The third kappa shape index (κ3) is 4.57. The van der Waals surface area contributed by atoms with E-state index in [0.717, 1.165) is 25.7 Å². The third-order valence-corrected chi connectivity index (χ3v) is 5.89. The number of allylic oxidation sites excluding steroid dienone is 3. The molecule has 130 valence electrons. The first-order valence-electron chi connectivity index (χ1n) is 8.91.